The quantitative estimate of drug-likeness (QED) is 0.654. The molecule has 0 aromatic carbocycles. The third kappa shape index (κ3) is 2.23. The van der Waals surface area contributed by atoms with Crippen molar-refractivity contribution in [3.8, 4) is 0 Å². The molecule has 2 saturated heterocycles. The Labute approximate surface area is 89.3 Å². The van der Waals surface area contributed by atoms with Gasteiger partial charge in [0, 0.05) is 13.0 Å². The largest absolute Gasteiger partial charge is 0.450 e. The predicted octanol–water partition coefficient (Wildman–Crippen LogP) is 0.982. The SMILES string of the molecule is CCOC(=O)N1CCCC2(C1)OCCO2. The second kappa shape index (κ2) is 4.37. The molecule has 0 radical (unpaired) electrons. The average Bonchev–Trinajstić information content (AvgIpc) is 2.67. The normalized spacial score (nSPS) is 24.5. The van der Waals surface area contributed by atoms with Crippen LogP contribution in [0.25, 0.3) is 0 Å². The lowest BCUT2D eigenvalue weighted by atomic mass is 10.1. The Morgan fingerprint density at radius 1 is 1.47 bits per heavy atom. The molecule has 0 aromatic heterocycles. The summed E-state index contributed by atoms with van der Waals surface area (Å²) >= 11 is 0. The van der Waals surface area contributed by atoms with E-state index in [4.69, 9.17) is 14.2 Å². The van der Waals surface area contributed by atoms with Gasteiger partial charge in [-0.05, 0) is 13.3 Å². The van der Waals surface area contributed by atoms with Crippen LogP contribution in [0.15, 0.2) is 0 Å². The summed E-state index contributed by atoms with van der Waals surface area (Å²) in [5.41, 5.74) is 0. The van der Waals surface area contributed by atoms with Crippen LogP contribution in [0.5, 0.6) is 0 Å². The number of rotatable bonds is 1. The highest BCUT2D eigenvalue weighted by Crippen LogP contribution is 2.30. The molecule has 5 heteroatoms. The van der Waals surface area contributed by atoms with Crippen molar-refractivity contribution in [2.24, 2.45) is 0 Å². The van der Waals surface area contributed by atoms with Gasteiger partial charge in [0.15, 0.2) is 5.79 Å². The van der Waals surface area contributed by atoms with E-state index >= 15 is 0 Å². The molecule has 15 heavy (non-hydrogen) atoms. The van der Waals surface area contributed by atoms with Gasteiger partial charge in [-0.1, -0.05) is 0 Å². The van der Waals surface area contributed by atoms with Gasteiger partial charge in [-0.15, -0.1) is 0 Å². The number of amides is 1. The Bertz CT molecular complexity index is 238. The third-order valence-corrected chi connectivity index (χ3v) is 2.76. The van der Waals surface area contributed by atoms with E-state index in [1.165, 1.54) is 0 Å². The first-order valence-corrected chi connectivity index (χ1v) is 5.45. The second-order valence-electron chi connectivity index (χ2n) is 3.83. The van der Waals surface area contributed by atoms with E-state index in [1.807, 2.05) is 0 Å². The fourth-order valence-electron chi connectivity index (χ4n) is 2.09. The van der Waals surface area contributed by atoms with Crippen molar-refractivity contribution in [3.63, 3.8) is 0 Å². The Balaban J connectivity index is 1.94. The molecule has 0 aromatic rings. The number of carbonyl (C=O) groups is 1. The minimum atomic E-state index is -0.551. The Kier molecular flexibility index (Phi) is 3.11. The summed E-state index contributed by atoms with van der Waals surface area (Å²) < 4.78 is 16.1. The Hall–Kier alpha value is -0.810. The average molecular weight is 215 g/mol. The van der Waals surface area contributed by atoms with Crippen LogP contribution < -0.4 is 0 Å². The Morgan fingerprint density at radius 2 is 2.20 bits per heavy atom. The molecule has 0 saturated carbocycles. The smallest absolute Gasteiger partial charge is 0.409 e. The summed E-state index contributed by atoms with van der Waals surface area (Å²) in [5.74, 6) is -0.551. The van der Waals surface area contributed by atoms with Crippen molar-refractivity contribution >= 4 is 6.09 Å². The summed E-state index contributed by atoms with van der Waals surface area (Å²) in [6.07, 6.45) is 1.50. The van der Waals surface area contributed by atoms with E-state index < -0.39 is 5.79 Å². The van der Waals surface area contributed by atoms with Gasteiger partial charge in [0.2, 0.25) is 0 Å². The lowest BCUT2D eigenvalue weighted by molar-refractivity contribution is -0.185. The maximum atomic E-state index is 11.5. The van der Waals surface area contributed by atoms with Gasteiger partial charge >= 0.3 is 6.09 Å². The van der Waals surface area contributed by atoms with Crippen molar-refractivity contribution in [2.75, 3.05) is 32.9 Å². The molecule has 2 aliphatic rings. The van der Waals surface area contributed by atoms with Crippen LogP contribution in [0.4, 0.5) is 4.79 Å². The number of hydrogen-bond donors (Lipinski definition) is 0. The van der Waals surface area contributed by atoms with E-state index in [0.717, 1.165) is 19.4 Å². The molecule has 2 fully saturated rings. The monoisotopic (exact) mass is 215 g/mol. The fraction of sp³-hybridized carbons (Fsp3) is 0.900. The zero-order valence-electron chi connectivity index (χ0n) is 9.03. The van der Waals surface area contributed by atoms with Crippen LogP contribution in [0, 0.1) is 0 Å². The highest BCUT2D eigenvalue weighted by molar-refractivity contribution is 5.67. The molecule has 2 heterocycles. The summed E-state index contributed by atoms with van der Waals surface area (Å²) in [7, 11) is 0. The second-order valence-corrected chi connectivity index (χ2v) is 3.83. The van der Waals surface area contributed by atoms with Crippen LogP contribution in [0.2, 0.25) is 0 Å². The van der Waals surface area contributed by atoms with Crippen molar-refractivity contribution in [2.45, 2.75) is 25.6 Å². The first-order valence-electron chi connectivity index (χ1n) is 5.45. The molecule has 1 spiro atoms. The van der Waals surface area contributed by atoms with Crippen LogP contribution in [-0.4, -0.2) is 49.7 Å². The maximum absolute atomic E-state index is 11.5. The van der Waals surface area contributed by atoms with Gasteiger partial charge < -0.3 is 19.1 Å². The van der Waals surface area contributed by atoms with Crippen molar-refractivity contribution in [3.05, 3.63) is 0 Å². The standard InChI is InChI=1S/C10H17NO4/c1-2-13-9(12)11-5-3-4-10(8-11)14-6-7-15-10/h2-8H2,1H3. The van der Waals surface area contributed by atoms with Gasteiger partial charge in [0.25, 0.3) is 0 Å². The van der Waals surface area contributed by atoms with E-state index in [0.29, 0.717) is 26.4 Å². The lowest BCUT2D eigenvalue weighted by Crippen LogP contribution is -2.51. The summed E-state index contributed by atoms with van der Waals surface area (Å²) in [4.78, 5) is 13.2. The van der Waals surface area contributed by atoms with E-state index in [9.17, 15) is 4.79 Å². The molecular weight excluding hydrogens is 198 g/mol. The predicted molar refractivity (Wildman–Crippen MR) is 52.5 cm³/mol. The number of hydrogen-bond acceptors (Lipinski definition) is 4. The molecular formula is C10H17NO4. The molecule has 0 N–H and O–H groups in total. The first kappa shape index (κ1) is 10.7. The number of nitrogens with zero attached hydrogens (tertiary/aromatic N) is 1. The summed E-state index contributed by atoms with van der Waals surface area (Å²) in [6.45, 7) is 4.68. The summed E-state index contributed by atoms with van der Waals surface area (Å²) in [6, 6.07) is 0. The lowest BCUT2D eigenvalue weighted by Gasteiger charge is -2.37. The van der Waals surface area contributed by atoms with E-state index in [1.54, 1.807) is 11.8 Å². The number of ether oxygens (including phenoxy) is 3. The van der Waals surface area contributed by atoms with Crippen LogP contribution in [-0.2, 0) is 14.2 Å². The Morgan fingerprint density at radius 3 is 2.87 bits per heavy atom. The minimum absolute atomic E-state index is 0.268. The first-order chi connectivity index (χ1) is 7.26. The van der Waals surface area contributed by atoms with Gasteiger partial charge in [0.05, 0.1) is 26.4 Å². The van der Waals surface area contributed by atoms with Gasteiger partial charge in [0.1, 0.15) is 0 Å². The van der Waals surface area contributed by atoms with E-state index in [-0.39, 0.29) is 6.09 Å². The molecule has 2 rings (SSSR count). The van der Waals surface area contributed by atoms with Crippen molar-refractivity contribution in [1.82, 2.24) is 4.90 Å². The maximum Gasteiger partial charge on any atom is 0.409 e. The molecule has 5 nitrogen and oxygen atoms in total. The molecule has 1 amide bonds. The van der Waals surface area contributed by atoms with Crippen LogP contribution in [0.3, 0.4) is 0 Å². The number of piperidine rings is 1. The third-order valence-electron chi connectivity index (χ3n) is 2.76. The minimum Gasteiger partial charge on any atom is -0.450 e. The van der Waals surface area contributed by atoms with Gasteiger partial charge in [-0.2, -0.15) is 0 Å². The van der Waals surface area contributed by atoms with Crippen LogP contribution in [0.1, 0.15) is 19.8 Å². The zero-order valence-corrected chi connectivity index (χ0v) is 9.03. The summed E-state index contributed by atoms with van der Waals surface area (Å²) in [5, 5.41) is 0. The topological polar surface area (TPSA) is 48.0 Å². The van der Waals surface area contributed by atoms with Gasteiger partial charge in [-0.25, -0.2) is 4.79 Å². The number of carbonyl (C=O) groups excluding carboxylic acids is 1. The molecule has 2 aliphatic heterocycles. The highest BCUT2D eigenvalue weighted by atomic mass is 16.7. The fourth-order valence-corrected chi connectivity index (χ4v) is 2.09. The van der Waals surface area contributed by atoms with Crippen LogP contribution >= 0.6 is 0 Å². The van der Waals surface area contributed by atoms with E-state index in [2.05, 4.69) is 0 Å². The zero-order chi connectivity index (χ0) is 10.7. The molecule has 0 aliphatic carbocycles. The molecule has 86 valence electrons. The highest BCUT2D eigenvalue weighted by Gasteiger charge is 2.42. The number of likely N-dealkylation sites (tertiary alicyclic amines) is 1. The molecule has 0 bridgehead atoms. The van der Waals surface area contributed by atoms with Crippen molar-refractivity contribution in [1.29, 1.82) is 0 Å². The van der Waals surface area contributed by atoms with Gasteiger partial charge in [-0.3, -0.25) is 0 Å². The molecule has 0 atom stereocenters. The van der Waals surface area contributed by atoms with Crippen molar-refractivity contribution < 1.29 is 19.0 Å². The molecule has 0 unspecified atom stereocenters.